The molecule has 0 atom stereocenters. The Morgan fingerprint density at radius 3 is 2.00 bits per heavy atom. The Bertz CT molecular complexity index is 325. The van der Waals surface area contributed by atoms with E-state index in [-0.39, 0.29) is 0 Å². The summed E-state index contributed by atoms with van der Waals surface area (Å²) in [6, 6.07) is 7.93. The van der Waals surface area contributed by atoms with Crippen LogP contribution in [0.2, 0.25) is 0 Å². The molecular weight excluding hydrogens is 184 g/mol. The summed E-state index contributed by atoms with van der Waals surface area (Å²) in [6.07, 6.45) is 4.57. The van der Waals surface area contributed by atoms with Crippen LogP contribution in [0.25, 0.3) is 0 Å². The molecule has 0 aromatic heterocycles. The molecule has 0 aliphatic rings. The first-order chi connectivity index (χ1) is 7.12. The zero-order valence-corrected chi connectivity index (χ0v) is 9.24. The SMILES string of the molecule is C=CCC(O)(CC=C)c1ccc(C)cc1. The van der Waals surface area contributed by atoms with E-state index in [0.717, 1.165) is 5.56 Å². The van der Waals surface area contributed by atoms with Gasteiger partial charge in [0, 0.05) is 0 Å². The third-order valence-corrected chi connectivity index (χ3v) is 2.55. The summed E-state index contributed by atoms with van der Waals surface area (Å²) in [4.78, 5) is 0. The first-order valence-electron chi connectivity index (χ1n) is 5.14. The van der Waals surface area contributed by atoms with E-state index >= 15 is 0 Å². The molecule has 0 spiro atoms. The molecule has 0 bridgehead atoms. The van der Waals surface area contributed by atoms with Crippen molar-refractivity contribution in [3.05, 3.63) is 60.7 Å². The van der Waals surface area contributed by atoms with Crippen LogP contribution in [0.5, 0.6) is 0 Å². The average Bonchev–Trinajstić information content (AvgIpc) is 2.19. The number of aryl methyl sites for hydroxylation is 1. The van der Waals surface area contributed by atoms with Crippen LogP contribution in [0.3, 0.4) is 0 Å². The first kappa shape index (κ1) is 11.7. The van der Waals surface area contributed by atoms with Crippen LogP contribution in [0.1, 0.15) is 24.0 Å². The van der Waals surface area contributed by atoms with Gasteiger partial charge in [0.2, 0.25) is 0 Å². The van der Waals surface area contributed by atoms with Gasteiger partial charge in [-0.25, -0.2) is 0 Å². The molecule has 0 amide bonds. The predicted octanol–water partition coefficient (Wildman–Crippen LogP) is 3.33. The van der Waals surface area contributed by atoms with E-state index in [9.17, 15) is 5.11 Å². The molecule has 1 aromatic rings. The third-order valence-electron chi connectivity index (χ3n) is 2.55. The van der Waals surface area contributed by atoms with Gasteiger partial charge in [-0.3, -0.25) is 0 Å². The smallest absolute Gasteiger partial charge is 0.0964 e. The number of aliphatic hydroxyl groups is 1. The van der Waals surface area contributed by atoms with Gasteiger partial charge >= 0.3 is 0 Å². The second-order valence-electron chi connectivity index (χ2n) is 3.88. The van der Waals surface area contributed by atoms with Gasteiger partial charge < -0.3 is 5.11 Å². The van der Waals surface area contributed by atoms with Gasteiger partial charge in [0.15, 0.2) is 0 Å². The molecule has 0 fully saturated rings. The van der Waals surface area contributed by atoms with Gasteiger partial charge in [-0.15, -0.1) is 13.2 Å². The van der Waals surface area contributed by atoms with Gasteiger partial charge in [0.25, 0.3) is 0 Å². The lowest BCUT2D eigenvalue weighted by Gasteiger charge is -2.26. The lowest BCUT2D eigenvalue weighted by atomic mass is 9.87. The summed E-state index contributed by atoms with van der Waals surface area (Å²) in [5, 5.41) is 10.4. The summed E-state index contributed by atoms with van der Waals surface area (Å²) in [6.45, 7) is 9.38. The third kappa shape index (κ3) is 2.80. The van der Waals surface area contributed by atoms with E-state index in [1.165, 1.54) is 5.56 Å². The predicted molar refractivity (Wildman–Crippen MR) is 64.7 cm³/mol. The van der Waals surface area contributed by atoms with Crippen LogP contribution < -0.4 is 0 Å². The standard InChI is InChI=1S/C14H18O/c1-4-10-14(15,11-5-2)13-8-6-12(3)7-9-13/h4-9,15H,1-2,10-11H2,3H3. The highest BCUT2D eigenvalue weighted by Gasteiger charge is 2.25. The summed E-state index contributed by atoms with van der Waals surface area (Å²) in [5.74, 6) is 0. The molecule has 0 aliphatic heterocycles. The normalized spacial score (nSPS) is 11.1. The van der Waals surface area contributed by atoms with Crippen molar-refractivity contribution in [2.24, 2.45) is 0 Å². The Morgan fingerprint density at radius 1 is 1.13 bits per heavy atom. The highest BCUT2D eigenvalue weighted by molar-refractivity contribution is 5.27. The van der Waals surface area contributed by atoms with Crippen LogP contribution in [0.4, 0.5) is 0 Å². The van der Waals surface area contributed by atoms with E-state index in [1.807, 2.05) is 31.2 Å². The maximum Gasteiger partial charge on any atom is 0.0964 e. The maximum absolute atomic E-state index is 10.4. The molecular formula is C14H18O. The fourth-order valence-corrected chi connectivity index (χ4v) is 1.66. The van der Waals surface area contributed by atoms with Crippen molar-refractivity contribution >= 4 is 0 Å². The van der Waals surface area contributed by atoms with Gasteiger partial charge in [-0.05, 0) is 25.3 Å². The van der Waals surface area contributed by atoms with Crippen LogP contribution in [0, 0.1) is 6.92 Å². The monoisotopic (exact) mass is 202 g/mol. The summed E-state index contributed by atoms with van der Waals surface area (Å²) in [5.41, 5.74) is 1.27. The molecule has 1 rings (SSSR count). The number of benzene rings is 1. The molecule has 1 heteroatoms. The molecule has 1 nitrogen and oxygen atoms in total. The lowest BCUT2D eigenvalue weighted by Crippen LogP contribution is -2.24. The molecule has 0 unspecified atom stereocenters. The maximum atomic E-state index is 10.4. The molecule has 80 valence electrons. The highest BCUT2D eigenvalue weighted by Crippen LogP contribution is 2.29. The van der Waals surface area contributed by atoms with Crippen molar-refractivity contribution in [1.82, 2.24) is 0 Å². The number of hydrogen-bond donors (Lipinski definition) is 1. The minimum atomic E-state index is -0.850. The molecule has 0 radical (unpaired) electrons. The van der Waals surface area contributed by atoms with Gasteiger partial charge in [0.05, 0.1) is 5.60 Å². The first-order valence-corrected chi connectivity index (χ1v) is 5.14. The lowest BCUT2D eigenvalue weighted by molar-refractivity contribution is 0.0430. The van der Waals surface area contributed by atoms with Crippen LogP contribution >= 0.6 is 0 Å². The zero-order chi connectivity index (χ0) is 11.3. The van der Waals surface area contributed by atoms with Crippen molar-refractivity contribution in [3.63, 3.8) is 0 Å². The largest absolute Gasteiger partial charge is 0.385 e. The summed E-state index contributed by atoms with van der Waals surface area (Å²) >= 11 is 0. The van der Waals surface area contributed by atoms with E-state index in [4.69, 9.17) is 0 Å². The average molecular weight is 202 g/mol. The Morgan fingerprint density at radius 2 is 1.60 bits per heavy atom. The molecule has 15 heavy (non-hydrogen) atoms. The molecule has 1 aromatic carbocycles. The zero-order valence-electron chi connectivity index (χ0n) is 9.24. The minimum absolute atomic E-state index is 0.544. The van der Waals surface area contributed by atoms with Crippen molar-refractivity contribution in [3.8, 4) is 0 Å². The van der Waals surface area contributed by atoms with Gasteiger partial charge in [-0.1, -0.05) is 42.0 Å². The molecule has 0 heterocycles. The van der Waals surface area contributed by atoms with E-state index in [1.54, 1.807) is 12.2 Å². The van der Waals surface area contributed by atoms with Gasteiger partial charge in [0.1, 0.15) is 0 Å². The topological polar surface area (TPSA) is 20.2 Å². The van der Waals surface area contributed by atoms with Crippen molar-refractivity contribution in [2.75, 3.05) is 0 Å². The fourth-order valence-electron chi connectivity index (χ4n) is 1.66. The van der Waals surface area contributed by atoms with Crippen LogP contribution in [-0.2, 0) is 5.60 Å². The summed E-state index contributed by atoms with van der Waals surface area (Å²) in [7, 11) is 0. The van der Waals surface area contributed by atoms with Crippen molar-refractivity contribution in [1.29, 1.82) is 0 Å². The molecule has 0 saturated heterocycles. The summed E-state index contributed by atoms with van der Waals surface area (Å²) < 4.78 is 0. The van der Waals surface area contributed by atoms with E-state index in [0.29, 0.717) is 12.8 Å². The second kappa shape index (κ2) is 4.94. The van der Waals surface area contributed by atoms with E-state index < -0.39 is 5.60 Å². The van der Waals surface area contributed by atoms with Crippen molar-refractivity contribution in [2.45, 2.75) is 25.4 Å². The Kier molecular flexibility index (Phi) is 3.87. The highest BCUT2D eigenvalue weighted by atomic mass is 16.3. The molecule has 0 aliphatic carbocycles. The second-order valence-corrected chi connectivity index (χ2v) is 3.88. The van der Waals surface area contributed by atoms with E-state index in [2.05, 4.69) is 13.2 Å². The Labute approximate surface area is 91.8 Å². The Balaban J connectivity index is 3.02. The van der Waals surface area contributed by atoms with Crippen LogP contribution in [0.15, 0.2) is 49.6 Å². The number of hydrogen-bond acceptors (Lipinski definition) is 1. The van der Waals surface area contributed by atoms with Crippen LogP contribution in [-0.4, -0.2) is 5.11 Å². The molecule has 0 saturated carbocycles. The minimum Gasteiger partial charge on any atom is -0.385 e. The van der Waals surface area contributed by atoms with Crippen molar-refractivity contribution < 1.29 is 5.11 Å². The fraction of sp³-hybridized carbons (Fsp3) is 0.286. The Hall–Kier alpha value is -1.34. The quantitative estimate of drug-likeness (QED) is 0.726. The molecule has 1 N–H and O–H groups in total. The number of rotatable bonds is 5. The van der Waals surface area contributed by atoms with Gasteiger partial charge in [-0.2, -0.15) is 0 Å².